The number of morpholine rings is 1. The summed E-state index contributed by atoms with van der Waals surface area (Å²) in [6, 6.07) is 42.3. The van der Waals surface area contributed by atoms with Crippen molar-refractivity contribution in [3.8, 4) is 17.6 Å². The Hall–Kier alpha value is -8.42. The average molecular weight is 966 g/mol. The number of amides is 3. The number of hydrogen-bond acceptors (Lipinski definition) is 12. The number of aliphatic hydroxyl groups is 1. The predicted octanol–water partition coefficient (Wildman–Crippen LogP) is 7.75. The number of nitrogens with one attached hydrogen (secondary N) is 1. The Morgan fingerprint density at radius 1 is 0.875 bits per heavy atom. The van der Waals surface area contributed by atoms with Crippen LogP contribution < -0.4 is 15.0 Å². The molecule has 0 aromatic heterocycles. The highest BCUT2D eigenvalue weighted by atomic mass is 16.6. The molecule has 2 fully saturated rings. The maximum absolute atomic E-state index is 16.5. The molecule has 364 valence electrons. The fraction of sp³-hybridized carbons (Fsp3) is 0.228. The lowest BCUT2D eigenvalue weighted by molar-refractivity contribution is -0.384. The van der Waals surface area contributed by atoms with Crippen LogP contribution in [-0.2, 0) is 42.4 Å². The molecule has 6 aromatic carbocycles. The maximum atomic E-state index is 16.5. The van der Waals surface area contributed by atoms with Crippen molar-refractivity contribution in [2.24, 2.45) is 5.92 Å². The van der Waals surface area contributed by atoms with Crippen LogP contribution >= 0.6 is 0 Å². The van der Waals surface area contributed by atoms with Gasteiger partial charge in [0, 0.05) is 36.3 Å². The summed E-state index contributed by atoms with van der Waals surface area (Å²) >= 11 is 0. The van der Waals surface area contributed by atoms with Crippen LogP contribution in [0.2, 0.25) is 0 Å². The predicted molar refractivity (Wildman–Crippen MR) is 267 cm³/mol. The Labute approximate surface area is 416 Å². The first-order chi connectivity index (χ1) is 35.1. The van der Waals surface area contributed by atoms with Gasteiger partial charge in [-0.05, 0) is 71.3 Å². The SMILES string of the molecule is C=CCNC(=O)[C@H]1[C@@H]2C(=O)O[C@@H](c3ccccc3)[C@@H](c3ccccc3)N2[C@@H](c2ccccc2OCCO)[C@]12C(=O)N(C(=O)OCc1ccc([N+](=O)[O-])cc1)c1ccc(C#CCN(C)Cc3ccccc3)cc12. The van der Waals surface area contributed by atoms with E-state index in [4.69, 9.17) is 14.2 Å². The van der Waals surface area contributed by atoms with E-state index >= 15 is 14.4 Å². The highest BCUT2D eigenvalue weighted by molar-refractivity contribution is 6.23. The first-order valence-electron chi connectivity index (χ1n) is 23.5. The van der Waals surface area contributed by atoms with E-state index in [-0.39, 0.29) is 49.1 Å². The fourth-order valence-electron chi connectivity index (χ4n) is 10.4. The molecule has 0 bridgehead atoms. The van der Waals surface area contributed by atoms with Crippen molar-refractivity contribution in [1.82, 2.24) is 15.1 Å². The Morgan fingerprint density at radius 3 is 2.22 bits per heavy atom. The summed E-state index contributed by atoms with van der Waals surface area (Å²) in [5.41, 5.74) is 1.72. The molecule has 0 unspecified atom stereocenters. The summed E-state index contributed by atoms with van der Waals surface area (Å²) < 4.78 is 18.7. The molecule has 6 atom stereocenters. The Kier molecular flexibility index (Phi) is 14.4. The smallest absolute Gasteiger partial charge is 0.421 e. The van der Waals surface area contributed by atoms with E-state index in [2.05, 4.69) is 28.6 Å². The second-order valence-electron chi connectivity index (χ2n) is 17.7. The number of esters is 1. The van der Waals surface area contributed by atoms with Gasteiger partial charge in [-0.2, -0.15) is 0 Å². The largest absolute Gasteiger partial charge is 0.491 e. The van der Waals surface area contributed by atoms with Gasteiger partial charge in [0.05, 0.1) is 41.8 Å². The van der Waals surface area contributed by atoms with Crippen LogP contribution in [0.3, 0.4) is 0 Å². The van der Waals surface area contributed by atoms with E-state index in [9.17, 15) is 20.0 Å². The van der Waals surface area contributed by atoms with Crippen molar-refractivity contribution in [3.05, 3.63) is 219 Å². The molecule has 0 radical (unpaired) electrons. The lowest BCUT2D eigenvalue weighted by Gasteiger charge is -2.46. The number of ether oxygens (including phenoxy) is 3. The summed E-state index contributed by atoms with van der Waals surface area (Å²) in [6.45, 7) is 3.93. The number of anilines is 1. The molecular weight excluding hydrogens is 915 g/mol. The van der Waals surface area contributed by atoms with Crippen LogP contribution in [0.15, 0.2) is 170 Å². The Morgan fingerprint density at radius 2 is 1.54 bits per heavy atom. The first kappa shape index (κ1) is 48.6. The minimum atomic E-state index is -2.14. The van der Waals surface area contributed by atoms with Crippen LogP contribution in [0.25, 0.3) is 0 Å². The quantitative estimate of drug-likeness (QED) is 0.0336. The Bertz CT molecular complexity index is 3050. The third-order valence-corrected chi connectivity index (χ3v) is 13.3. The topological polar surface area (TPSA) is 181 Å². The second kappa shape index (κ2) is 21.3. The van der Waals surface area contributed by atoms with E-state index in [1.165, 1.54) is 30.3 Å². The van der Waals surface area contributed by atoms with Crippen LogP contribution in [0.1, 0.15) is 57.1 Å². The molecule has 2 saturated heterocycles. The third kappa shape index (κ3) is 9.22. The number of nitrogens with zero attached hydrogens (tertiary/aromatic N) is 4. The molecule has 3 aliphatic rings. The molecule has 3 amide bonds. The van der Waals surface area contributed by atoms with Gasteiger partial charge in [-0.25, -0.2) is 9.69 Å². The van der Waals surface area contributed by atoms with Gasteiger partial charge in [0.15, 0.2) is 0 Å². The molecule has 3 aliphatic heterocycles. The third-order valence-electron chi connectivity index (χ3n) is 13.3. The van der Waals surface area contributed by atoms with E-state index in [0.29, 0.717) is 40.9 Å². The monoisotopic (exact) mass is 965 g/mol. The van der Waals surface area contributed by atoms with Crippen molar-refractivity contribution in [3.63, 3.8) is 0 Å². The summed E-state index contributed by atoms with van der Waals surface area (Å²) in [6.07, 6.45) is -0.582. The first-order valence-corrected chi connectivity index (χ1v) is 23.5. The van der Waals surface area contributed by atoms with Crippen molar-refractivity contribution >= 4 is 35.3 Å². The molecule has 1 spiro atoms. The number of cyclic esters (lactones) is 1. The van der Waals surface area contributed by atoms with Crippen LogP contribution in [0.4, 0.5) is 16.2 Å². The molecule has 9 rings (SSSR count). The van der Waals surface area contributed by atoms with E-state index in [1.54, 1.807) is 42.5 Å². The Balaban J connectivity index is 1.29. The van der Waals surface area contributed by atoms with Gasteiger partial charge in [0.2, 0.25) is 11.8 Å². The minimum Gasteiger partial charge on any atom is -0.491 e. The lowest BCUT2D eigenvalue weighted by Crippen LogP contribution is -2.55. The van der Waals surface area contributed by atoms with Crippen molar-refractivity contribution in [2.75, 3.05) is 38.3 Å². The van der Waals surface area contributed by atoms with Crippen LogP contribution in [0.5, 0.6) is 5.75 Å². The number of hydrogen-bond donors (Lipinski definition) is 2. The number of rotatable bonds is 15. The number of aliphatic hydroxyl groups excluding tert-OH is 1. The van der Waals surface area contributed by atoms with Gasteiger partial charge in [0.1, 0.15) is 36.5 Å². The van der Waals surface area contributed by atoms with Gasteiger partial charge in [-0.1, -0.05) is 127 Å². The number of para-hydroxylation sites is 1. The van der Waals surface area contributed by atoms with Crippen molar-refractivity contribution < 1.29 is 43.4 Å². The number of carbonyl (C=O) groups excluding carboxylic acids is 4. The standard InChI is InChI=1S/C57H51N5O10/c1-3-31-58-53(64)48-50-54(65)72-51(42-21-11-6-12-22-42)49(41-19-9-5-10-20-41)61(50)52(44-23-13-14-24-47(44)70-34-33-63)57(48)45-35-38(18-15-32-59(2)36-39-16-7-4-8-17-39)27-30-46(45)60(55(57)66)56(67)71-37-40-25-28-43(29-26-40)62(68)69/h3-14,16-17,19-30,35,48-52,63H,1,31-34,36-37H2,2H3,(H,58,64)/t48-,49-,50-,51+,52+,57-/m1/s1. The number of nitro benzene ring substituents is 1. The zero-order valence-electron chi connectivity index (χ0n) is 39.3. The highest BCUT2D eigenvalue weighted by Crippen LogP contribution is 2.66. The normalized spacial score (nSPS) is 21.0. The van der Waals surface area contributed by atoms with Crippen LogP contribution in [0, 0.1) is 27.9 Å². The number of non-ortho nitro benzene ring substituents is 1. The molecule has 0 saturated carbocycles. The van der Waals surface area contributed by atoms with Gasteiger partial charge in [-0.15, -0.1) is 6.58 Å². The molecule has 15 heteroatoms. The molecule has 0 aliphatic carbocycles. The van der Waals surface area contributed by atoms with Crippen molar-refractivity contribution in [2.45, 2.75) is 42.8 Å². The van der Waals surface area contributed by atoms with E-state index in [0.717, 1.165) is 10.5 Å². The fourth-order valence-corrected chi connectivity index (χ4v) is 10.4. The molecule has 2 N–H and O–H groups in total. The van der Waals surface area contributed by atoms with E-state index < -0.39 is 64.4 Å². The van der Waals surface area contributed by atoms with Crippen LogP contribution in [-0.4, -0.2) is 83.1 Å². The number of benzene rings is 6. The second-order valence-corrected chi connectivity index (χ2v) is 17.7. The maximum Gasteiger partial charge on any atom is 0.421 e. The van der Waals surface area contributed by atoms with Gasteiger partial charge >= 0.3 is 12.1 Å². The molecule has 72 heavy (non-hydrogen) atoms. The summed E-state index contributed by atoms with van der Waals surface area (Å²) in [5, 5.41) is 24.4. The molecule has 15 nitrogen and oxygen atoms in total. The average Bonchev–Trinajstić information content (AvgIpc) is 3.86. The summed E-state index contributed by atoms with van der Waals surface area (Å²) in [5.74, 6) is 2.84. The van der Waals surface area contributed by atoms with Crippen molar-refractivity contribution in [1.29, 1.82) is 0 Å². The van der Waals surface area contributed by atoms with Gasteiger partial charge in [0.25, 0.3) is 5.69 Å². The molecule has 3 heterocycles. The zero-order valence-corrected chi connectivity index (χ0v) is 39.3. The summed E-state index contributed by atoms with van der Waals surface area (Å²) in [4.78, 5) is 77.9. The van der Waals surface area contributed by atoms with Gasteiger partial charge in [-0.3, -0.25) is 34.3 Å². The molecule has 6 aromatic rings. The number of nitro groups is 1. The number of imide groups is 1. The number of carbonyl (C=O) groups is 4. The lowest BCUT2D eigenvalue weighted by atomic mass is 9.65. The highest BCUT2D eigenvalue weighted by Gasteiger charge is 2.76. The number of fused-ring (bicyclic) bond motifs is 3. The van der Waals surface area contributed by atoms with E-state index in [1.807, 2.05) is 103 Å². The molecular formula is C57H51N5O10. The van der Waals surface area contributed by atoms with Gasteiger partial charge < -0.3 is 24.6 Å². The minimum absolute atomic E-state index is 0.0349. The summed E-state index contributed by atoms with van der Waals surface area (Å²) in [7, 11) is 1.95. The zero-order chi connectivity index (χ0) is 50.4.